The molecule has 1 N–H and O–H groups in total. The lowest BCUT2D eigenvalue weighted by molar-refractivity contribution is 0.224. The predicted octanol–water partition coefficient (Wildman–Crippen LogP) is 2.63. The van der Waals surface area contributed by atoms with E-state index in [-0.39, 0.29) is 5.90 Å². The molecule has 16 heavy (non-hydrogen) atoms. The number of nitrogens with zero attached hydrogens (tertiary/aromatic N) is 1. The van der Waals surface area contributed by atoms with Gasteiger partial charge in [0.05, 0.1) is 5.52 Å². The average molecular weight is 232 g/mol. The van der Waals surface area contributed by atoms with E-state index in [9.17, 15) is 4.79 Å². The summed E-state index contributed by atoms with van der Waals surface area (Å²) < 4.78 is 4.53. The highest BCUT2D eigenvalue weighted by Gasteiger charge is 2.08. The zero-order valence-electron chi connectivity index (χ0n) is 8.18. The fourth-order valence-corrected chi connectivity index (χ4v) is 1.42. The number of carbonyl (C=O) groups is 1. The van der Waals surface area contributed by atoms with Crippen LogP contribution in [0.3, 0.4) is 0 Å². The molecule has 0 radical (unpaired) electrons. The number of ether oxygens (including phenoxy) is 1. The van der Waals surface area contributed by atoms with Crippen molar-refractivity contribution in [1.29, 1.82) is 5.41 Å². The number of hydrogen-bond donors (Lipinski definition) is 2. The van der Waals surface area contributed by atoms with E-state index in [1.165, 1.54) is 0 Å². The first-order chi connectivity index (χ1) is 7.66. The van der Waals surface area contributed by atoms with Crippen molar-refractivity contribution >= 4 is 34.7 Å². The van der Waals surface area contributed by atoms with Crippen LogP contribution in [0.1, 0.15) is 5.69 Å². The third-order valence-corrected chi connectivity index (χ3v) is 2.11. The Morgan fingerprint density at radius 3 is 2.75 bits per heavy atom. The monoisotopic (exact) mass is 232 g/mol. The van der Waals surface area contributed by atoms with E-state index in [2.05, 4.69) is 22.3 Å². The molecule has 0 spiro atoms. The number of para-hydroxylation sites is 1. The Labute approximate surface area is 97.2 Å². The Morgan fingerprint density at radius 1 is 1.25 bits per heavy atom. The lowest BCUT2D eigenvalue weighted by atomic mass is 10.2. The zero-order chi connectivity index (χ0) is 11.5. The predicted molar refractivity (Wildman–Crippen MR) is 64.0 cm³/mol. The molecule has 0 aliphatic carbocycles. The van der Waals surface area contributed by atoms with Crippen molar-refractivity contribution in [2.24, 2.45) is 0 Å². The number of thiol groups is 1. The van der Waals surface area contributed by atoms with Crippen molar-refractivity contribution in [2.75, 3.05) is 0 Å². The topological polar surface area (TPSA) is 63.0 Å². The van der Waals surface area contributed by atoms with Crippen LogP contribution in [0.4, 0.5) is 4.79 Å². The number of fused-ring (bicyclic) bond motifs is 1. The van der Waals surface area contributed by atoms with Crippen molar-refractivity contribution in [3.8, 4) is 0 Å². The van der Waals surface area contributed by atoms with Crippen molar-refractivity contribution in [1.82, 2.24) is 4.98 Å². The zero-order valence-corrected chi connectivity index (χ0v) is 9.07. The Bertz CT molecular complexity index is 569. The summed E-state index contributed by atoms with van der Waals surface area (Å²) in [5.74, 6) is -0.300. The Hall–Kier alpha value is -1.88. The quantitative estimate of drug-likeness (QED) is 0.344. The van der Waals surface area contributed by atoms with Crippen LogP contribution >= 0.6 is 12.6 Å². The fraction of sp³-hybridized carbons (Fsp3) is 0. The van der Waals surface area contributed by atoms with Crippen LogP contribution in [0.15, 0.2) is 36.4 Å². The second kappa shape index (κ2) is 4.32. The van der Waals surface area contributed by atoms with Gasteiger partial charge in [-0.05, 0) is 12.1 Å². The molecule has 1 aromatic heterocycles. The van der Waals surface area contributed by atoms with Crippen LogP contribution in [0.2, 0.25) is 0 Å². The molecule has 0 amide bonds. The number of nitrogens with one attached hydrogen (secondary N) is 1. The maximum absolute atomic E-state index is 10.6. The molecule has 2 rings (SSSR count). The molecule has 0 aliphatic heterocycles. The van der Waals surface area contributed by atoms with Crippen molar-refractivity contribution in [3.05, 3.63) is 42.1 Å². The molecule has 0 saturated heterocycles. The van der Waals surface area contributed by atoms with E-state index < -0.39 is 5.30 Å². The molecule has 5 heteroatoms. The van der Waals surface area contributed by atoms with Gasteiger partial charge in [0.25, 0.3) is 0 Å². The Balaban J connectivity index is 2.39. The first-order valence-electron chi connectivity index (χ1n) is 4.52. The first kappa shape index (κ1) is 10.6. The second-order valence-electron chi connectivity index (χ2n) is 3.09. The highest BCUT2D eigenvalue weighted by atomic mass is 32.1. The van der Waals surface area contributed by atoms with E-state index in [1.54, 1.807) is 6.07 Å². The molecular weight excluding hydrogens is 224 g/mol. The van der Waals surface area contributed by atoms with Crippen LogP contribution in [0.25, 0.3) is 10.9 Å². The molecule has 0 bridgehead atoms. The minimum atomic E-state index is -0.819. The molecule has 0 unspecified atom stereocenters. The van der Waals surface area contributed by atoms with E-state index in [0.29, 0.717) is 5.69 Å². The Kier molecular flexibility index (Phi) is 2.87. The van der Waals surface area contributed by atoms with Gasteiger partial charge in [0, 0.05) is 5.39 Å². The number of hydrogen-bond acceptors (Lipinski definition) is 4. The van der Waals surface area contributed by atoms with Gasteiger partial charge in [-0.1, -0.05) is 36.9 Å². The van der Waals surface area contributed by atoms with Gasteiger partial charge >= 0.3 is 5.30 Å². The number of benzene rings is 1. The normalized spacial score (nSPS) is 10.1. The molecule has 80 valence electrons. The molecule has 1 aromatic carbocycles. The van der Waals surface area contributed by atoms with Gasteiger partial charge in [-0.25, -0.2) is 9.78 Å². The molecule has 0 aliphatic rings. The van der Waals surface area contributed by atoms with Crippen LogP contribution in [-0.2, 0) is 4.74 Å². The van der Waals surface area contributed by atoms with Gasteiger partial charge in [0.2, 0.25) is 5.90 Å². The fourth-order valence-electron chi connectivity index (χ4n) is 1.33. The second-order valence-corrected chi connectivity index (χ2v) is 3.45. The molecular formula is C11H8N2O2S. The molecule has 1 heterocycles. The summed E-state index contributed by atoms with van der Waals surface area (Å²) in [5, 5.41) is 7.63. The third kappa shape index (κ3) is 2.20. The standard InChI is InChI=1S/C11H8N2O2S/c12-10(15-11(14)16)9-6-5-7-3-1-2-4-8(7)13-9/h1-6,12H,(H,14,16). The Morgan fingerprint density at radius 2 is 2.00 bits per heavy atom. The molecule has 0 atom stereocenters. The van der Waals surface area contributed by atoms with Gasteiger partial charge in [-0.15, -0.1) is 0 Å². The number of carbonyl (C=O) groups excluding carboxylic acids is 1. The summed E-state index contributed by atoms with van der Waals surface area (Å²) >= 11 is 3.43. The van der Waals surface area contributed by atoms with Gasteiger partial charge in [-0.2, -0.15) is 0 Å². The number of pyridine rings is 1. The largest absolute Gasteiger partial charge is 0.398 e. The van der Waals surface area contributed by atoms with Crippen LogP contribution in [0, 0.1) is 5.41 Å². The van der Waals surface area contributed by atoms with Crippen molar-refractivity contribution < 1.29 is 9.53 Å². The summed E-state index contributed by atoms with van der Waals surface area (Å²) in [6.45, 7) is 0. The lowest BCUT2D eigenvalue weighted by Crippen LogP contribution is -2.08. The molecule has 2 aromatic rings. The van der Waals surface area contributed by atoms with Crippen molar-refractivity contribution in [3.63, 3.8) is 0 Å². The maximum Gasteiger partial charge on any atom is 0.370 e. The van der Waals surface area contributed by atoms with Crippen LogP contribution in [-0.4, -0.2) is 16.2 Å². The van der Waals surface area contributed by atoms with E-state index in [0.717, 1.165) is 10.9 Å². The highest BCUT2D eigenvalue weighted by Crippen LogP contribution is 2.12. The lowest BCUT2D eigenvalue weighted by Gasteiger charge is -2.03. The van der Waals surface area contributed by atoms with E-state index in [1.807, 2.05) is 30.3 Å². The summed E-state index contributed by atoms with van der Waals surface area (Å²) in [4.78, 5) is 14.8. The van der Waals surface area contributed by atoms with Crippen molar-refractivity contribution in [2.45, 2.75) is 0 Å². The molecule has 4 nitrogen and oxygen atoms in total. The van der Waals surface area contributed by atoms with Crippen LogP contribution < -0.4 is 0 Å². The third-order valence-electron chi connectivity index (χ3n) is 2.02. The smallest absolute Gasteiger partial charge is 0.370 e. The highest BCUT2D eigenvalue weighted by molar-refractivity contribution is 7.96. The number of rotatable bonds is 1. The van der Waals surface area contributed by atoms with E-state index >= 15 is 0 Å². The first-order valence-corrected chi connectivity index (χ1v) is 4.97. The minimum absolute atomic E-state index is 0.300. The molecule has 0 saturated carbocycles. The van der Waals surface area contributed by atoms with E-state index in [4.69, 9.17) is 5.41 Å². The number of aromatic nitrogens is 1. The SMILES string of the molecule is N=C(OC(=O)S)c1ccc2ccccc2n1. The maximum atomic E-state index is 10.6. The van der Waals surface area contributed by atoms with Gasteiger partial charge in [0.1, 0.15) is 5.69 Å². The van der Waals surface area contributed by atoms with Gasteiger partial charge < -0.3 is 4.74 Å². The summed E-state index contributed by atoms with van der Waals surface area (Å²) in [6, 6.07) is 10.9. The van der Waals surface area contributed by atoms with Gasteiger partial charge in [0.15, 0.2) is 0 Å². The minimum Gasteiger partial charge on any atom is -0.398 e. The molecule has 0 fully saturated rings. The van der Waals surface area contributed by atoms with Crippen LogP contribution in [0.5, 0.6) is 0 Å². The summed E-state index contributed by atoms with van der Waals surface area (Å²) in [6.07, 6.45) is 0. The van der Waals surface area contributed by atoms with Gasteiger partial charge in [-0.3, -0.25) is 5.41 Å². The summed E-state index contributed by atoms with van der Waals surface area (Å²) in [5.41, 5.74) is 1.06. The average Bonchev–Trinajstić information content (AvgIpc) is 2.27. The summed E-state index contributed by atoms with van der Waals surface area (Å²) in [7, 11) is 0.